The maximum Gasteiger partial charge on any atom is 0.413 e. The molecule has 1 N–H and O–H groups in total. The largest absolute Gasteiger partial charge is 0.497 e. The van der Waals surface area contributed by atoms with Gasteiger partial charge in [0, 0.05) is 12.6 Å². The van der Waals surface area contributed by atoms with Gasteiger partial charge in [-0.25, -0.2) is 4.79 Å². The number of carbonyl (C=O) groups excluding carboxylic acids is 2. The predicted octanol–water partition coefficient (Wildman–Crippen LogP) is 1.79. The quantitative estimate of drug-likeness (QED) is 0.918. The smallest absolute Gasteiger partial charge is 0.413 e. The van der Waals surface area contributed by atoms with Gasteiger partial charge in [0.2, 0.25) is 5.91 Å². The monoisotopic (exact) mass is 292 g/mol. The topological polar surface area (TPSA) is 67.9 Å². The zero-order valence-corrected chi connectivity index (χ0v) is 12.3. The van der Waals surface area contributed by atoms with Crippen molar-refractivity contribution in [3.63, 3.8) is 0 Å². The molecular formula is C15H20N2O4. The van der Waals surface area contributed by atoms with Crippen molar-refractivity contribution in [3.8, 4) is 11.5 Å². The third-order valence-corrected chi connectivity index (χ3v) is 3.53. The molecule has 21 heavy (non-hydrogen) atoms. The second-order valence-electron chi connectivity index (χ2n) is 5.00. The molecule has 1 aliphatic rings. The van der Waals surface area contributed by atoms with Crippen LogP contribution in [0.5, 0.6) is 11.5 Å². The summed E-state index contributed by atoms with van der Waals surface area (Å²) in [6, 6.07) is 6.89. The van der Waals surface area contributed by atoms with E-state index >= 15 is 0 Å². The van der Waals surface area contributed by atoms with Gasteiger partial charge >= 0.3 is 6.09 Å². The molecule has 114 valence electrons. The lowest BCUT2D eigenvalue weighted by molar-refractivity contribution is -0.130. The summed E-state index contributed by atoms with van der Waals surface area (Å²) in [4.78, 5) is 25.4. The molecule has 1 atom stereocenters. The van der Waals surface area contributed by atoms with Crippen molar-refractivity contribution in [1.29, 1.82) is 0 Å². The van der Waals surface area contributed by atoms with Gasteiger partial charge in [-0.3, -0.25) is 4.79 Å². The Morgan fingerprint density at radius 1 is 1.29 bits per heavy atom. The Balaban J connectivity index is 1.77. The first-order chi connectivity index (χ1) is 10.1. The number of ether oxygens (including phenoxy) is 2. The van der Waals surface area contributed by atoms with Gasteiger partial charge in [-0.15, -0.1) is 0 Å². The molecule has 6 nitrogen and oxygen atoms in total. The van der Waals surface area contributed by atoms with Gasteiger partial charge in [0.05, 0.1) is 7.11 Å². The van der Waals surface area contributed by atoms with E-state index in [0.29, 0.717) is 11.5 Å². The second-order valence-corrected chi connectivity index (χ2v) is 5.00. The normalized spacial score (nSPS) is 17.4. The summed E-state index contributed by atoms with van der Waals surface area (Å²) in [6.45, 7) is 2.73. The van der Waals surface area contributed by atoms with E-state index in [-0.39, 0.29) is 18.5 Å². The van der Waals surface area contributed by atoms with Crippen LogP contribution in [0.2, 0.25) is 0 Å². The minimum Gasteiger partial charge on any atom is -0.497 e. The standard InChI is InChI=1S/C15H20N2O4/c1-11-4-3-9-17(11)14(18)10-16-15(19)21-13-7-5-12(20-2)6-8-13/h5-8,11H,3-4,9-10H2,1-2H3,(H,16,19)/t11-/m1/s1. The average Bonchev–Trinajstić information content (AvgIpc) is 2.92. The molecule has 2 amide bonds. The van der Waals surface area contributed by atoms with Gasteiger partial charge in [-0.1, -0.05) is 0 Å². The molecule has 1 aromatic carbocycles. The SMILES string of the molecule is COc1ccc(OC(=O)NCC(=O)N2CCC[C@H]2C)cc1. The minimum atomic E-state index is -0.639. The molecule has 1 aromatic rings. The Kier molecular flexibility index (Phi) is 5.03. The summed E-state index contributed by atoms with van der Waals surface area (Å²) in [5.41, 5.74) is 0. The van der Waals surface area contributed by atoms with Gasteiger partial charge < -0.3 is 19.7 Å². The highest BCUT2D eigenvalue weighted by atomic mass is 16.6. The summed E-state index contributed by atoms with van der Waals surface area (Å²) in [7, 11) is 1.56. The van der Waals surface area contributed by atoms with Crippen LogP contribution < -0.4 is 14.8 Å². The highest BCUT2D eigenvalue weighted by molar-refractivity contribution is 5.83. The molecule has 0 saturated carbocycles. The number of rotatable bonds is 4. The second kappa shape index (κ2) is 6.97. The number of likely N-dealkylation sites (tertiary alicyclic amines) is 1. The van der Waals surface area contributed by atoms with Crippen LogP contribution >= 0.6 is 0 Å². The number of methoxy groups -OCH3 is 1. The average molecular weight is 292 g/mol. The van der Waals surface area contributed by atoms with Crippen molar-refractivity contribution in [2.75, 3.05) is 20.2 Å². The number of hydrogen-bond acceptors (Lipinski definition) is 4. The molecule has 0 aliphatic carbocycles. The number of nitrogens with zero attached hydrogens (tertiary/aromatic N) is 1. The molecule has 0 bridgehead atoms. The molecule has 0 spiro atoms. The van der Waals surface area contributed by atoms with Crippen molar-refractivity contribution >= 4 is 12.0 Å². The molecule has 2 rings (SSSR count). The Hall–Kier alpha value is -2.24. The van der Waals surface area contributed by atoms with Crippen LogP contribution in [0, 0.1) is 0 Å². The van der Waals surface area contributed by atoms with Crippen LogP contribution in [0.25, 0.3) is 0 Å². The van der Waals surface area contributed by atoms with E-state index < -0.39 is 6.09 Å². The Morgan fingerprint density at radius 3 is 2.52 bits per heavy atom. The third-order valence-electron chi connectivity index (χ3n) is 3.53. The van der Waals surface area contributed by atoms with Crippen LogP contribution in [0.15, 0.2) is 24.3 Å². The van der Waals surface area contributed by atoms with Gasteiger partial charge in [-0.2, -0.15) is 0 Å². The zero-order chi connectivity index (χ0) is 15.2. The highest BCUT2D eigenvalue weighted by Crippen LogP contribution is 2.17. The van der Waals surface area contributed by atoms with E-state index in [1.54, 1.807) is 36.3 Å². The van der Waals surface area contributed by atoms with Crippen molar-refractivity contribution < 1.29 is 19.1 Å². The number of carbonyl (C=O) groups is 2. The Labute approximate surface area is 124 Å². The number of hydrogen-bond donors (Lipinski definition) is 1. The van der Waals surface area contributed by atoms with E-state index in [1.165, 1.54) is 0 Å². The molecule has 1 fully saturated rings. The van der Waals surface area contributed by atoms with Gasteiger partial charge in [0.1, 0.15) is 18.0 Å². The number of benzene rings is 1. The molecular weight excluding hydrogens is 272 g/mol. The van der Waals surface area contributed by atoms with Crippen LogP contribution in [0.1, 0.15) is 19.8 Å². The lowest BCUT2D eigenvalue weighted by Gasteiger charge is -2.21. The van der Waals surface area contributed by atoms with Gasteiger partial charge in [0.15, 0.2) is 0 Å². The lowest BCUT2D eigenvalue weighted by Crippen LogP contribution is -2.42. The molecule has 0 aromatic heterocycles. The van der Waals surface area contributed by atoms with Gasteiger partial charge in [-0.05, 0) is 44.0 Å². The molecule has 1 aliphatic heterocycles. The first-order valence-corrected chi connectivity index (χ1v) is 6.99. The van der Waals surface area contributed by atoms with Crippen molar-refractivity contribution in [3.05, 3.63) is 24.3 Å². The van der Waals surface area contributed by atoms with Crippen LogP contribution in [0.4, 0.5) is 4.79 Å². The van der Waals surface area contributed by atoms with E-state index in [0.717, 1.165) is 19.4 Å². The summed E-state index contributed by atoms with van der Waals surface area (Å²) < 4.78 is 10.1. The minimum absolute atomic E-state index is 0.0423. The fourth-order valence-corrected chi connectivity index (χ4v) is 2.34. The van der Waals surface area contributed by atoms with Crippen molar-refractivity contribution in [2.24, 2.45) is 0 Å². The Bertz CT molecular complexity index is 501. The molecule has 1 heterocycles. The fraction of sp³-hybridized carbons (Fsp3) is 0.467. The Morgan fingerprint density at radius 2 is 1.95 bits per heavy atom. The zero-order valence-electron chi connectivity index (χ0n) is 12.3. The van der Waals surface area contributed by atoms with Crippen molar-refractivity contribution in [1.82, 2.24) is 10.2 Å². The first-order valence-electron chi connectivity index (χ1n) is 6.99. The number of nitrogens with one attached hydrogen (secondary N) is 1. The van der Waals surface area contributed by atoms with E-state index in [1.807, 2.05) is 6.92 Å². The molecule has 6 heteroatoms. The van der Waals surface area contributed by atoms with Crippen molar-refractivity contribution in [2.45, 2.75) is 25.8 Å². The highest BCUT2D eigenvalue weighted by Gasteiger charge is 2.25. The van der Waals surface area contributed by atoms with Crippen LogP contribution in [-0.2, 0) is 4.79 Å². The summed E-state index contributed by atoms with van der Waals surface area (Å²) in [6.07, 6.45) is 1.39. The third kappa shape index (κ3) is 4.11. The van der Waals surface area contributed by atoms with E-state index in [9.17, 15) is 9.59 Å². The predicted molar refractivity (Wildman–Crippen MR) is 77.4 cm³/mol. The summed E-state index contributed by atoms with van der Waals surface area (Å²) in [5, 5.41) is 2.47. The van der Waals surface area contributed by atoms with Gasteiger partial charge in [0.25, 0.3) is 0 Å². The number of amides is 2. The maximum atomic E-state index is 11.9. The maximum absolute atomic E-state index is 11.9. The molecule has 1 saturated heterocycles. The van der Waals surface area contributed by atoms with E-state index in [4.69, 9.17) is 9.47 Å². The fourth-order valence-electron chi connectivity index (χ4n) is 2.34. The lowest BCUT2D eigenvalue weighted by atomic mass is 10.2. The first kappa shape index (κ1) is 15.2. The van der Waals surface area contributed by atoms with Crippen LogP contribution in [0.3, 0.4) is 0 Å². The van der Waals surface area contributed by atoms with E-state index in [2.05, 4.69) is 5.32 Å². The molecule has 0 radical (unpaired) electrons. The van der Waals surface area contributed by atoms with Crippen LogP contribution in [-0.4, -0.2) is 43.1 Å². The summed E-state index contributed by atoms with van der Waals surface area (Å²) >= 11 is 0. The molecule has 0 unspecified atom stereocenters. The summed E-state index contributed by atoms with van der Waals surface area (Å²) in [5.74, 6) is 1.00.